The van der Waals surface area contributed by atoms with Crippen LogP contribution in [0, 0.1) is 12.3 Å². The van der Waals surface area contributed by atoms with Crippen LogP contribution >= 0.6 is 0 Å². The second-order valence-corrected chi connectivity index (χ2v) is 11.7. The van der Waals surface area contributed by atoms with E-state index < -0.39 is 29.2 Å². The zero-order chi connectivity index (χ0) is 35.8. The second-order valence-electron chi connectivity index (χ2n) is 11.7. The quantitative estimate of drug-likeness (QED) is 0.136. The molecule has 0 saturated heterocycles. The van der Waals surface area contributed by atoms with Crippen LogP contribution in [0.1, 0.15) is 49.9 Å². The van der Waals surface area contributed by atoms with Gasteiger partial charge in [0.1, 0.15) is 18.2 Å². The van der Waals surface area contributed by atoms with Crippen molar-refractivity contribution in [2.24, 2.45) is 5.41 Å². The average Bonchev–Trinajstić information content (AvgIpc) is 3.05. The molecule has 0 aliphatic carbocycles. The Labute approximate surface area is 283 Å². The van der Waals surface area contributed by atoms with Gasteiger partial charge in [-0.1, -0.05) is 18.2 Å². The maximum Gasteiger partial charge on any atom is 0.416 e. The van der Waals surface area contributed by atoms with Crippen LogP contribution in [0.25, 0.3) is 11.1 Å². The molecular formula is C36H39F3N4O6. The number of ether oxygens (including phenoxy) is 4. The lowest BCUT2D eigenvalue weighted by atomic mass is 9.84. The van der Waals surface area contributed by atoms with Gasteiger partial charge in [0.2, 0.25) is 0 Å². The highest BCUT2D eigenvalue weighted by Gasteiger charge is 2.37. The SMILES string of the molecule is CCOC(=O)C(C)(C)Cc1ccc(NC(=O)Nc2ncc(-c3cnc(OCc4ccc(OC)cc4)c(OCC)c3)cc2C)cc1C(F)(F)F. The minimum atomic E-state index is -4.72. The molecule has 0 spiro atoms. The number of aryl methyl sites for hydroxylation is 1. The number of urea groups is 1. The Morgan fingerprint density at radius 2 is 1.55 bits per heavy atom. The summed E-state index contributed by atoms with van der Waals surface area (Å²) in [6.45, 7) is 9.03. The number of alkyl halides is 3. The fourth-order valence-electron chi connectivity index (χ4n) is 4.91. The van der Waals surface area contributed by atoms with Gasteiger partial charge in [-0.05, 0) is 94.1 Å². The Morgan fingerprint density at radius 1 is 0.857 bits per heavy atom. The number of benzene rings is 2. The van der Waals surface area contributed by atoms with E-state index in [1.807, 2.05) is 31.2 Å². The molecule has 10 nitrogen and oxygen atoms in total. The summed E-state index contributed by atoms with van der Waals surface area (Å²) in [7, 11) is 1.60. The largest absolute Gasteiger partial charge is 0.497 e. The minimum Gasteiger partial charge on any atom is -0.497 e. The molecule has 2 N–H and O–H groups in total. The number of nitrogens with one attached hydrogen (secondary N) is 2. The van der Waals surface area contributed by atoms with Gasteiger partial charge in [-0.15, -0.1) is 0 Å². The number of carbonyl (C=O) groups excluding carboxylic acids is 2. The normalized spacial score (nSPS) is 11.4. The fraction of sp³-hybridized carbons (Fsp3) is 0.333. The van der Waals surface area contributed by atoms with Gasteiger partial charge in [0.25, 0.3) is 5.88 Å². The molecule has 0 aliphatic rings. The van der Waals surface area contributed by atoms with Gasteiger partial charge in [0.15, 0.2) is 5.75 Å². The molecule has 4 aromatic rings. The molecule has 4 rings (SSSR count). The molecule has 2 amide bonds. The van der Waals surface area contributed by atoms with Crippen LogP contribution in [0.3, 0.4) is 0 Å². The zero-order valence-electron chi connectivity index (χ0n) is 28.2. The van der Waals surface area contributed by atoms with E-state index in [1.165, 1.54) is 32.2 Å². The summed E-state index contributed by atoms with van der Waals surface area (Å²) in [6.07, 6.45) is -1.77. The third kappa shape index (κ3) is 9.62. The van der Waals surface area contributed by atoms with E-state index in [4.69, 9.17) is 18.9 Å². The highest BCUT2D eigenvalue weighted by Crippen LogP contribution is 2.37. The van der Waals surface area contributed by atoms with Crippen molar-refractivity contribution in [3.8, 4) is 28.5 Å². The first-order valence-electron chi connectivity index (χ1n) is 15.5. The number of methoxy groups -OCH3 is 1. The molecule has 0 bridgehead atoms. The number of halogens is 3. The molecule has 0 saturated carbocycles. The van der Waals surface area contributed by atoms with Crippen LogP contribution in [-0.4, -0.2) is 42.3 Å². The first kappa shape index (κ1) is 36.5. The molecule has 260 valence electrons. The molecule has 13 heteroatoms. The Hall–Kier alpha value is -5.33. The van der Waals surface area contributed by atoms with Gasteiger partial charge in [0, 0.05) is 29.2 Å². The molecule has 2 heterocycles. The standard InChI is InChI=1S/C36H39F3N4O6/c1-7-47-30-16-26(20-41-32(30)49-21-23-9-13-28(46-6)14-10-23)25-15-22(3)31(40-19-25)43-34(45)42-27-12-11-24(29(17-27)36(37,38)39)18-35(4,5)33(44)48-8-2/h9-17,19-20H,7-8,18,21H2,1-6H3,(H2,40,42,43,45). The van der Waals surface area contributed by atoms with Crippen LogP contribution in [-0.2, 0) is 28.7 Å². The van der Waals surface area contributed by atoms with Crippen molar-refractivity contribution in [1.29, 1.82) is 0 Å². The molecule has 0 fully saturated rings. The summed E-state index contributed by atoms with van der Waals surface area (Å²) < 4.78 is 64.0. The van der Waals surface area contributed by atoms with Crippen molar-refractivity contribution in [3.05, 3.63) is 89.2 Å². The molecule has 0 radical (unpaired) electrons. The number of hydrogen-bond donors (Lipinski definition) is 2. The van der Waals surface area contributed by atoms with E-state index in [-0.39, 0.29) is 36.7 Å². The first-order chi connectivity index (χ1) is 23.2. The van der Waals surface area contributed by atoms with E-state index >= 15 is 0 Å². The molecule has 0 atom stereocenters. The van der Waals surface area contributed by atoms with Crippen molar-refractivity contribution in [2.45, 2.75) is 53.8 Å². The lowest BCUT2D eigenvalue weighted by Gasteiger charge is -2.24. The van der Waals surface area contributed by atoms with E-state index in [1.54, 1.807) is 39.3 Å². The summed E-state index contributed by atoms with van der Waals surface area (Å²) >= 11 is 0. The number of esters is 1. The van der Waals surface area contributed by atoms with E-state index in [0.29, 0.717) is 34.9 Å². The van der Waals surface area contributed by atoms with Crippen molar-refractivity contribution in [1.82, 2.24) is 9.97 Å². The number of rotatable bonds is 13. The van der Waals surface area contributed by atoms with Crippen molar-refractivity contribution in [2.75, 3.05) is 31.0 Å². The molecule has 0 aliphatic heterocycles. The number of pyridine rings is 2. The third-order valence-corrected chi connectivity index (χ3v) is 7.43. The number of anilines is 2. The van der Waals surface area contributed by atoms with Crippen molar-refractivity contribution >= 4 is 23.5 Å². The minimum absolute atomic E-state index is 0.0828. The van der Waals surface area contributed by atoms with Gasteiger partial charge in [0.05, 0.1) is 31.3 Å². The summed E-state index contributed by atoms with van der Waals surface area (Å²) in [5.74, 6) is 1.12. The molecule has 0 unspecified atom stereocenters. The molecule has 2 aromatic carbocycles. The summed E-state index contributed by atoms with van der Waals surface area (Å²) in [6, 6.07) is 13.7. The zero-order valence-corrected chi connectivity index (χ0v) is 28.2. The monoisotopic (exact) mass is 680 g/mol. The smallest absolute Gasteiger partial charge is 0.416 e. The van der Waals surface area contributed by atoms with Crippen molar-refractivity contribution < 1.29 is 41.7 Å². The number of amides is 2. The molecular weight excluding hydrogens is 641 g/mol. The van der Waals surface area contributed by atoms with Crippen LogP contribution < -0.4 is 24.8 Å². The van der Waals surface area contributed by atoms with Gasteiger partial charge in [-0.2, -0.15) is 13.2 Å². The predicted octanol–water partition coefficient (Wildman–Crippen LogP) is 8.23. The Balaban J connectivity index is 1.46. The summed E-state index contributed by atoms with van der Waals surface area (Å²) in [5, 5.41) is 5.02. The maximum absolute atomic E-state index is 14.0. The second kappa shape index (κ2) is 15.7. The topological polar surface area (TPSA) is 121 Å². The highest BCUT2D eigenvalue weighted by molar-refractivity contribution is 5.99. The lowest BCUT2D eigenvalue weighted by molar-refractivity contribution is -0.154. The van der Waals surface area contributed by atoms with Crippen LogP contribution in [0.5, 0.6) is 17.4 Å². The molecule has 49 heavy (non-hydrogen) atoms. The van der Waals surface area contributed by atoms with Gasteiger partial charge < -0.3 is 24.3 Å². The van der Waals surface area contributed by atoms with E-state index in [0.717, 1.165) is 17.4 Å². The average molecular weight is 681 g/mol. The van der Waals surface area contributed by atoms with Crippen molar-refractivity contribution in [3.63, 3.8) is 0 Å². The number of carbonyl (C=O) groups is 2. The van der Waals surface area contributed by atoms with Crippen LogP contribution in [0.4, 0.5) is 29.5 Å². The van der Waals surface area contributed by atoms with Crippen LogP contribution in [0.2, 0.25) is 0 Å². The highest BCUT2D eigenvalue weighted by atomic mass is 19.4. The first-order valence-corrected chi connectivity index (χ1v) is 15.5. The third-order valence-electron chi connectivity index (χ3n) is 7.43. The maximum atomic E-state index is 14.0. The van der Waals surface area contributed by atoms with E-state index in [9.17, 15) is 22.8 Å². The molecule has 2 aromatic heterocycles. The Morgan fingerprint density at radius 3 is 2.18 bits per heavy atom. The van der Waals surface area contributed by atoms with Gasteiger partial charge in [-0.25, -0.2) is 14.8 Å². The fourth-order valence-corrected chi connectivity index (χ4v) is 4.91. The summed E-state index contributed by atoms with van der Waals surface area (Å²) in [4.78, 5) is 33.9. The van der Waals surface area contributed by atoms with Gasteiger partial charge >= 0.3 is 18.2 Å². The predicted molar refractivity (Wildman–Crippen MR) is 179 cm³/mol. The van der Waals surface area contributed by atoms with E-state index in [2.05, 4.69) is 20.6 Å². The summed E-state index contributed by atoms with van der Waals surface area (Å²) in [5.41, 5.74) is 0.577. The lowest BCUT2D eigenvalue weighted by Crippen LogP contribution is -2.30. The Bertz CT molecular complexity index is 1780. The number of hydrogen-bond acceptors (Lipinski definition) is 8. The number of aromatic nitrogens is 2. The van der Waals surface area contributed by atoms with Gasteiger partial charge in [-0.3, -0.25) is 10.1 Å². The Kier molecular flexibility index (Phi) is 11.7. The van der Waals surface area contributed by atoms with Crippen LogP contribution in [0.15, 0.2) is 67.0 Å². The number of nitrogens with zero attached hydrogens (tertiary/aromatic N) is 2.